The average molecular weight is 308 g/mol. The maximum atomic E-state index is 13.2. The van der Waals surface area contributed by atoms with Crippen LogP contribution in [0.4, 0.5) is 4.39 Å². The molecule has 0 fully saturated rings. The number of nitrogens with zero attached hydrogens (tertiary/aromatic N) is 1. The van der Waals surface area contributed by atoms with E-state index in [1.165, 1.54) is 12.1 Å². The van der Waals surface area contributed by atoms with Crippen molar-refractivity contribution in [2.45, 2.75) is 13.3 Å². The molecule has 1 heterocycles. The van der Waals surface area contributed by atoms with E-state index in [1.54, 1.807) is 12.3 Å². The highest BCUT2D eigenvalue weighted by molar-refractivity contribution is 9.10. The molecule has 92 valence electrons. The molecular weight excluding hydrogens is 297 g/mol. The first-order valence-corrected chi connectivity index (χ1v) is 6.25. The van der Waals surface area contributed by atoms with Gasteiger partial charge in [-0.25, -0.2) is 4.39 Å². The zero-order chi connectivity index (χ0) is 13.1. The molecule has 0 saturated heterocycles. The molecule has 2 aromatic rings. The van der Waals surface area contributed by atoms with Crippen LogP contribution < -0.4 is 0 Å². The third-order valence-electron chi connectivity index (χ3n) is 2.63. The average Bonchev–Trinajstić information content (AvgIpc) is 2.31. The SMILES string of the molecule is Cc1cccnc1CC(=O)c1cc(F)cc(Br)c1. The highest BCUT2D eigenvalue weighted by Gasteiger charge is 2.11. The number of Topliss-reactive ketones (excluding diaryl/α,β-unsaturated/α-hetero) is 1. The number of aromatic nitrogens is 1. The van der Waals surface area contributed by atoms with Crippen LogP contribution in [0.2, 0.25) is 0 Å². The predicted octanol–water partition coefficient (Wildman–Crippen LogP) is 3.72. The van der Waals surface area contributed by atoms with Crippen molar-refractivity contribution in [2.75, 3.05) is 0 Å². The summed E-state index contributed by atoms with van der Waals surface area (Å²) in [5, 5.41) is 0. The summed E-state index contributed by atoms with van der Waals surface area (Å²) in [6, 6.07) is 7.90. The van der Waals surface area contributed by atoms with E-state index in [4.69, 9.17) is 0 Å². The first-order valence-electron chi connectivity index (χ1n) is 5.46. The van der Waals surface area contributed by atoms with Gasteiger partial charge in [0.2, 0.25) is 0 Å². The molecule has 2 nitrogen and oxygen atoms in total. The minimum Gasteiger partial charge on any atom is -0.294 e. The number of carbonyl (C=O) groups is 1. The fourth-order valence-electron chi connectivity index (χ4n) is 1.67. The quantitative estimate of drug-likeness (QED) is 0.809. The zero-order valence-corrected chi connectivity index (χ0v) is 11.4. The molecule has 0 radical (unpaired) electrons. The van der Waals surface area contributed by atoms with Crippen molar-refractivity contribution >= 4 is 21.7 Å². The van der Waals surface area contributed by atoms with Gasteiger partial charge in [0.1, 0.15) is 5.82 Å². The summed E-state index contributed by atoms with van der Waals surface area (Å²) in [6.07, 6.45) is 1.83. The lowest BCUT2D eigenvalue weighted by atomic mass is 10.0. The predicted molar refractivity (Wildman–Crippen MR) is 71.1 cm³/mol. The van der Waals surface area contributed by atoms with Gasteiger partial charge in [-0.1, -0.05) is 22.0 Å². The molecule has 0 bridgehead atoms. The van der Waals surface area contributed by atoms with E-state index in [2.05, 4.69) is 20.9 Å². The van der Waals surface area contributed by atoms with Crippen molar-refractivity contribution < 1.29 is 9.18 Å². The lowest BCUT2D eigenvalue weighted by molar-refractivity contribution is 0.0991. The van der Waals surface area contributed by atoms with E-state index in [1.807, 2.05) is 19.1 Å². The van der Waals surface area contributed by atoms with Gasteiger partial charge in [0.15, 0.2) is 5.78 Å². The second-order valence-corrected chi connectivity index (χ2v) is 4.94. The van der Waals surface area contributed by atoms with Gasteiger partial charge in [0.25, 0.3) is 0 Å². The van der Waals surface area contributed by atoms with Crippen LogP contribution in [0, 0.1) is 12.7 Å². The molecule has 18 heavy (non-hydrogen) atoms. The summed E-state index contributed by atoms with van der Waals surface area (Å²) < 4.78 is 13.8. The van der Waals surface area contributed by atoms with Crippen LogP contribution >= 0.6 is 15.9 Å². The van der Waals surface area contributed by atoms with E-state index in [-0.39, 0.29) is 12.2 Å². The van der Waals surface area contributed by atoms with Crippen LogP contribution in [-0.4, -0.2) is 10.8 Å². The van der Waals surface area contributed by atoms with Crippen LogP contribution in [-0.2, 0) is 6.42 Å². The topological polar surface area (TPSA) is 30.0 Å². The molecule has 0 spiro atoms. The number of benzene rings is 1. The number of aryl methyl sites for hydroxylation is 1. The molecule has 0 aliphatic carbocycles. The monoisotopic (exact) mass is 307 g/mol. The van der Waals surface area contributed by atoms with E-state index >= 15 is 0 Å². The first kappa shape index (κ1) is 12.9. The Morgan fingerprint density at radius 1 is 1.39 bits per heavy atom. The van der Waals surface area contributed by atoms with Crippen LogP contribution in [0.5, 0.6) is 0 Å². The van der Waals surface area contributed by atoms with Crippen molar-refractivity contribution in [2.24, 2.45) is 0 Å². The molecular formula is C14H11BrFNO. The van der Waals surface area contributed by atoms with Crippen LogP contribution in [0.15, 0.2) is 41.0 Å². The second kappa shape index (κ2) is 5.40. The van der Waals surface area contributed by atoms with Gasteiger partial charge >= 0.3 is 0 Å². The first-order chi connectivity index (χ1) is 8.56. The third-order valence-corrected chi connectivity index (χ3v) is 3.09. The lowest BCUT2D eigenvalue weighted by Gasteiger charge is -2.04. The van der Waals surface area contributed by atoms with Crippen LogP contribution in [0.25, 0.3) is 0 Å². The molecule has 0 N–H and O–H groups in total. The maximum absolute atomic E-state index is 13.2. The molecule has 0 aliphatic rings. The Labute approximate surface area is 113 Å². The van der Waals surface area contributed by atoms with Gasteiger partial charge in [-0.3, -0.25) is 9.78 Å². The molecule has 2 rings (SSSR count). The number of rotatable bonds is 3. The van der Waals surface area contributed by atoms with E-state index in [0.717, 1.165) is 11.3 Å². The van der Waals surface area contributed by atoms with E-state index in [9.17, 15) is 9.18 Å². The molecule has 4 heteroatoms. The van der Waals surface area contributed by atoms with Gasteiger partial charge in [-0.2, -0.15) is 0 Å². The summed E-state index contributed by atoms with van der Waals surface area (Å²) in [6.45, 7) is 1.90. The number of hydrogen-bond acceptors (Lipinski definition) is 2. The number of ketones is 1. The molecule has 0 unspecified atom stereocenters. The largest absolute Gasteiger partial charge is 0.294 e. The van der Waals surface area contributed by atoms with Crippen molar-refractivity contribution in [1.82, 2.24) is 4.98 Å². The van der Waals surface area contributed by atoms with Crippen LogP contribution in [0.1, 0.15) is 21.6 Å². The Morgan fingerprint density at radius 3 is 2.83 bits per heavy atom. The maximum Gasteiger partial charge on any atom is 0.168 e. The smallest absolute Gasteiger partial charge is 0.168 e. The van der Waals surface area contributed by atoms with Crippen molar-refractivity contribution in [3.8, 4) is 0 Å². The van der Waals surface area contributed by atoms with E-state index in [0.29, 0.717) is 10.0 Å². The molecule has 1 aromatic heterocycles. The zero-order valence-electron chi connectivity index (χ0n) is 9.78. The molecule has 0 aliphatic heterocycles. The Morgan fingerprint density at radius 2 is 2.17 bits per heavy atom. The second-order valence-electron chi connectivity index (χ2n) is 4.03. The summed E-state index contributed by atoms with van der Waals surface area (Å²) >= 11 is 3.17. The minimum atomic E-state index is -0.425. The summed E-state index contributed by atoms with van der Waals surface area (Å²) in [4.78, 5) is 16.2. The Hall–Kier alpha value is -1.55. The Balaban J connectivity index is 2.25. The summed E-state index contributed by atoms with van der Waals surface area (Å²) in [7, 11) is 0. The highest BCUT2D eigenvalue weighted by Crippen LogP contribution is 2.17. The molecule has 0 amide bonds. The van der Waals surface area contributed by atoms with Crippen LogP contribution in [0.3, 0.4) is 0 Å². The molecule has 0 saturated carbocycles. The molecule has 1 aromatic carbocycles. The van der Waals surface area contributed by atoms with Crippen molar-refractivity contribution in [1.29, 1.82) is 0 Å². The fraction of sp³-hybridized carbons (Fsp3) is 0.143. The summed E-state index contributed by atoms with van der Waals surface area (Å²) in [5.74, 6) is -0.567. The van der Waals surface area contributed by atoms with Crippen molar-refractivity contribution in [3.05, 3.63) is 63.6 Å². The van der Waals surface area contributed by atoms with Gasteiger partial charge < -0.3 is 0 Å². The van der Waals surface area contributed by atoms with Gasteiger partial charge in [0, 0.05) is 16.2 Å². The molecule has 0 atom stereocenters. The number of pyridine rings is 1. The van der Waals surface area contributed by atoms with Gasteiger partial charge in [0.05, 0.1) is 12.1 Å². The third kappa shape index (κ3) is 3.01. The van der Waals surface area contributed by atoms with Gasteiger partial charge in [-0.05, 0) is 36.8 Å². The minimum absolute atomic E-state index is 0.142. The number of halogens is 2. The van der Waals surface area contributed by atoms with E-state index < -0.39 is 5.82 Å². The Kier molecular flexibility index (Phi) is 3.87. The normalized spacial score (nSPS) is 10.4. The number of carbonyl (C=O) groups excluding carboxylic acids is 1. The fourth-order valence-corrected chi connectivity index (χ4v) is 2.14. The summed E-state index contributed by atoms with van der Waals surface area (Å²) in [5.41, 5.74) is 2.04. The number of hydrogen-bond donors (Lipinski definition) is 0. The van der Waals surface area contributed by atoms with Crippen molar-refractivity contribution in [3.63, 3.8) is 0 Å². The van der Waals surface area contributed by atoms with Gasteiger partial charge in [-0.15, -0.1) is 0 Å². The standard InChI is InChI=1S/C14H11BrFNO/c1-9-3-2-4-17-13(9)8-14(18)10-5-11(15)7-12(16)6-10/h2-7H,8H2,1H3. The Bertz CT molecular complexity index is 578. The highest BCUT2D eigenvalue weighted by atomic mass is 79.9. The lowest BCUT2D eigenvalue weighted by Crippen LogP contribution is -2.07.